The highest BCUT2D eigenvalue weighted by atomic mass is 14.0. The van der Waals surface area contributed by atoms with Gasteiger partial charge in [0.05, 0.1) is 0 Å². The Morgan fingerprint density at radius 2 is 1.74 bits per heavy atom. The van der Waals surface area contributed by atoms with Crippen LogP contribution in [0.25, 0.3) is 36.1 Å². The van der Waals surface area contributed by atoms with Crippen molar-refractivity contribution in [3.8, 4) is 0 Å². The third kappa shape index (κ3) is 2.58. The molecule has 0 heteroatoms. The molecule has 0 saturated carbocycles. The van der Waals surface area contributed by atoms with Gasteiger partial charge >= 0.3 is 0 Å². The van der Waals surface area contributed by atoms with E-state index >= 15 is 0 Å². The topological polar surface area (TPSA) is 0 Å². The molecule has 94 valence electrons. The first-order chi connectivity index (χ1) is 9.17. The van der Waals surface area contributed by atoms with Crippen LogP contribution in [0.5, 0.6) is 0 Å². The quantitative estimate of drug-likeness (QED) is 0.726. The van der Waals surface area contributed by atoms with E-state index < -0.39 is 0 Å². The summed E-state index contributed by atoms with van der Waals surface area (Å²) < 4.78 is 0. The van der Waals surface area contributed by atoms with Crippen LogP contribution in [0, 0.1) is 0 Å². The first-order valence-corrected chi connectivity index (χ1v) is 6.34. The van der Waals surface area contributed by atoms with Crippen molar-refractivity contribution in [3.05, 3.63) is 70.3 Å². The van der Waals surface area contributed by atoms with Crippen molar-refractivity contribution in [2.45, 2.75) is 6.92 Å². The molecular weight excluding hydrogens is 228 g/mol. The normalized spacial score (nSPS) is 11.3. The molecule has 2 rings (SSSR count). The zero-order valence-corrected chi connectivity index (χ0v) is 11.3. The van der Waals surface area contributed by atoms with Crippen LogP contribution in [-0.4, -0.2) is 0 Å². The summed E-state index contributed by atoms with van der Waals surface area (Å²) in [6, 6.07) is 14.3. The molecule has 0 aliphatic rings. The fraction of sp³-hybridized carbons (Fsp3) is 0.0526. The molecule has 0 spiro atoms. The molecule has 0 nitrogen and oxygen atoms in total. The number of hydrogen-bond acceptors (Lipinski definition) is 0. The largest absolute Gasteiger partial charge is 0.0984 e. The Bertz CT molecular complexity index is 824. The Kier molecular flexibility index (Phi) is 3.82. The summed E-state index contributed by atoms with van der Waals surface area (Å²) in [6.07, 6.45) is 3.97. The van der Waals surface area contributed by atoms with Gasteiger partial charge in [-0.1, -0.05) is 74.4 Å². The number of fused-ring (bicyclic) bond motifs is 2. The molecule has 0 heterocycles. The second kappa shape index (κ2) is 5.53. The van der Waals surface area contributed by atoms with Crippen molar-refractivity contribution < 1.29 is 0 Å². The summed E-state index contributed by atoms with van der Waals surface area (Å²) in [4.78, 5) is 0. The standard InChI is InChI=1S/C19H18/c1-5-16-11-10-14(3)8-7-9-18-13-12-17(6-2)19(16)15(18)4/h5-13H,1,3-4H2,2H3/b8-7?,11-10?,17-6-,18-9?,19-16?. The predicted molar refractivity (Wildman–Crippen MR) is 87.3 cm³/mol. The molecule has 0 unspecified atom stereocenters. The van der Waals surface area contributed by atoms with Gasteiger partial charge in [-0.15, -0.1) is 0 Å². The van der Waals surface area contributed by atoms with Crippen LogP contribution in [0.1, 0.15) is 12.5 Å². The van der Waals surface area contributed by atoms with Crippen LogP contribution in [0.3, 0.4) is 0 Å². The summed E-state index contributed by atoms with van der Waals surface area (Å²) in [5.74, 6) is 0. The fourth-order valence-corrected chi connectivity index (χ4v) is 2.20. The van der Waals surface area contributed by atoms with E-state index in [9.17, 15) is 0 Å². The van der Waals surface area contributed by atoms with Gasteiger partial charge in [0, 0.05) is 0 Å². The Labute approximate surface area is 114 Å². The molecule has 0 aromatic heterocycles. The zero-order valence-electron chi connectivity index (χ0n) is 11.3. The van der Waals surface area contributed by atoms with E-state index in [2.05, 4.69) is 44.0 Å². The first-order valence-electron chi connectivity index (χ1n) is 6.34. The second-order valence-electron chi connectivity index (χ2n) is 4.48. The average molecular weight is 246 g/mol. The molecule has 0 N–H and O–H groups in total. The number of benzene rings is 1. The monoisotopic (exact) mass is 246 g/mol. The minimum atomic E-state index is 0.966. The highest BCUT2D eigenvalue weighted by Crippen LogP contribution is 2.03. The molecule has 0 aliphatic heterocycles. The average Bonchev–Trinajstić information content (AvgIpc) is 2.41. The van der Waals surface area contributed by atoms with Crippen LogP contribution < -0.4 is 15.7 Å². The molecule has 0 saturated heterocycles. The molecule has 2 aromatic carbocycles. The predicted octanol–water partition coefficient (Wildman–Crippen LogP) is 2.95. The molecule has 0 amide bonds. The van der Waals surface area contributed by atoms with Crippen molar-refractivity contribution in [1.29, 1.82) is 0 Å². The summed E-state index contributed by atoms with van der Waals surface area (Å²) in [5, 5.41) is 5.45. The molecular formula is C19H18. The SMILES string of the molecule is C=Cc1ccc(=C)cccc2cc/c(=C/C)c1c2=C. The second-order valence-corrected chi connectivity index (χ2v) is 4.48. The lowest BCUT2D eigenvalue weighted by Gasteiger charge is -2.01. The van der Waals surface area contributed by atoms with Gasteiger partial charge < -0.3 is 0 Å². The maximum Gasteiger partial charge on any atom is -0.00423 e. The maximum absolute atomic E-state index is 4.23. The van der Waals surface area contributed by atoms with Crippen molar-refractivity contribution in [2.24, 2.45) is 0 Å². The van der Waals surface area contributed by atoms with Gasteiger partial charge in [0.2, 0.25) is 0 Å². The lowest BCUT2D eigenvalue weighted by Crippen LogP contribution is -2.14. The lowest BCUT2D eigenvalue weighted by atomic mass is 10.0. The third-order valence-electron chi connectivity index (χ3n) is 3.26. The minimum absolute atomic E-state index is 0.966. The number of rotatable bonds is 1. The van der Waals surface area contributed by atoms with Gasteiger partial charge in [-0.05, 0) is 38.9 Å². The van der Waals surface area contributed by atoms with E-state index in [0.717, 1.165) is 26.8 Å². The Balaban J connectivity index is 3.22. The van der Waals surface area contributed by atoms with Gasteiger partial charge in [-0.2, -0.15) is 0 Å². The van der Waals surface area contributed by atoms with E-state index in [4.69, 9.17) is 0 Å². The van der Waals surface area contributed by atoms with Gasteiger partial charge in [0.1, 0.15) is 0 Å². The van der Waals surface area contributed by atoms with Gasteiger partial charge in [-0.3, -0.25) is 0 Å². The molecule has 2 aromatic rings. The van der Waals surface area contributed by atoms with Gasteiger partial charge in [-0.25, -0.2) is 0 Å². The highest BCUT2D eigenvalue weighted by Gasteiger charge is 1.96. The fourth-order valence-electron chi connectivity index (χ4n) is 2.20. The molecule has 0 atom stereocenters. The Morgan fingerprint density at radius 1 is 0.947 bits per heavy atom. The van der Waals surface area contributed by atoms with E-state index in [0.29, 0.717) is 0 Å². The van der Waals surface area contributed by atoms with Gasteiger partial charge in [0.15, 0.2) is 0 Å². The van der Waals surface area contributed by atoms with Crippen LogP contribution in [0.4, 0.5) is 0 Å². The van der Waals surface area contributed by atoms with Gasteiger partial charge in [0.25, 0.3) is 0 Å². The summed E-state index contributed by atoms with van der Waals surface area (Å²) in [7, 11) is 0. The van der Waals surface area contributed by atoms with Crippen LogP contribution in [-0.2, 0) is 0 Å². The maximum atomic E-state index is 4.23. The van der Waals surface area contributed by atoms with Crippen LogP contribution in [0.2, 0.25) is 0 Å². The molecule has 0 fully saturated rings. The lowest BCUT2D eigenvalue weighted by molar-refractivity contribution is 1.59. The van der Waals surface area contributed by atoms with Crippen LogP contribution >= 0.6 is 0 Å². The Morgan fingerprint density at radius 3 is 2.42 bits per heavy atom. The van der Waals surface area contributed by atoms with Crippen LogP contribution in [0.15, 0.2) is 49.0 Å². The molecule has 2 bridgehead atoms. The smallest absolute Gasteiger partial charge is 0.00423 e. The Hall–Kier alpha value is -2.34. The van der Waals surface area contributed by atoms with E-state index in [1.807, 2.05) is 37.3 Å². The first kappa shape index (κ1) is 13.1. The van der Waals surface area contributed by atoms with Crippen molar-refractivity contribution in [1.82, 2.24) is 0 Å². The zero-order chi connectivity index (χ0) is 13.8. The van der Waals surface area contributed by atoms with E-state index in [1.54, 1.807) is 0 Å². The minimum Gasteiger partial charge on any atom is -0.0984 e. The summed E-state index contributed by atoms with van der Waals surface area (Å²) in [5.41, 5.74) is 1.07. The van der Waals surface area contributed by atoms with E-state index in [-0.39, 0.29) is 0 Å². The molecule has 0 aliphatic carbocycles. The summed E-state index contributed by atoms with van der Waals surface area (Å²) >= 11 is 0. The third-order valence-corrected chi connectivity index (χ3v) is 3.26. The van der Waals surface area contributed by atoms with E-state index in [1.165, 1.54) is 5.22 Å². The molecule has 19 heavy (non-hydrogen) atoms. The highest BCUT2D eigenvalue weighted by molar-refractivity contribution is 5.79. The van der Waals surface area contributed by atoms with Crippen molar-refractivity contribution in [2.75, 3.05) is 0 Å². The van der Waals surface area contributed by atoms with Crippen molar-refractivity contribution >= 4 is 36.1 Å². The van der Waals surface area contributed by atoms with Crippen molar-refractivity contribution in [3.63, 3.8) is 0 Å². The number of hydrogen-bond donors (Lipinski definition) is 0. The molecule has 0 radical (unpaired) electrons. The summed E-state index contributed by atoms with van der Waals surface area (Å²) in [6.45, 7) is 14.2.